The van der Waals surface area contributed by atoms with E-state index in [0.29, 0.717) is 5.92 Å². The molecule has 1 rings (SSSR count). The normalized spacial score (nSPS) is 12.8. The highest BCUT2D eigenvalue weighted by molar-refractivity contribution is 5.36. The van der Waals surface area contributed by atoms with Gasteiger partial charge in [-0.1, -0.05) is 33.3 Å². The molecular weight excluding hydrogens is 210 g/mol. The van der Waals surface area contributed by atoms with Crippen molar-refractivity contribution in [2.24, 2.45) is 11.7 Å². The zero-order chi connectivity index (χ0) is 12.8. The van der Waals surface area contributed by atoms with E-state index in [1.807, 2.05) is 6.07 Å². The highest BCUT2D eigenvalue weighted by Crippen LogP contribution is 2.24. The highest BCUT2D eigenvalue weighted by Gasteiger charge is 2.09. The minimum Gasteiger partial charge on any atom is -0.493 e. The van der Waals surface area contributed by atoms with E-state index in [-0.39, 0.29) is 6.04 Å². The molecule has 0 radical (unpaired) electrons. The summed E-state index contributed by atoms with van der Waals surface area (Å²) in [4.78, 5) is 0. The molecule has 0 aliphatic heterocycles. The lowest BCUT2D eigenvalue weighted by molar-refractivity contribution is 0.271. The van der Waals surface area contributed by atoms with Crippen molar-refractivity contribution in [1.29, 1.82) is 0 Å². The fraction of sp³-hybridized carbons (Fsp3) is 0.600. The smallest absolute Gasteiger partial charge is 0.119 e. The Hall–Kier alpha value is -1.02. The first-order valence-electron chi connectivity index (χ1n) is 6.53. The molecule has 0 bridgehead atoms. The predicted molar refractivity (Wildman–Crippen MR) is 73.3 cm³/mol. The van der Waals surface area contributed by atoms with Gasteiger partial charge in [0, 0.05) is 6.04 Å². The molecule has 1 unspecified atom stereocenters. The Morgan fingerprint density at radius 3 is 2.53 bits per heavy atom. The van der Waals surface area contributed by atoms with Gasteiger partial charge in [-0.25, -0.2) is 0 Å². The first kappa shape index (κ1) is 14.0. The highest BCUT2D eigenvalue weighted by atomic mass is 16.5. The van der Waals surface area contributed by atoms with Gasteiger partial charge in [-0.3, -0.25) is 0 Å². The topological polar surface area (TPSA) is 35.2 Å². The molecule has 1 aromatic rings. The van der Waals surface area contributed by atoms with Gasteiger partial charge in [-0.05, 0) is 42.5 Å². The van der Waals surface area contributed by atoms with Crippen molar-refractivity contribution in [2.45, 2.75) is 46.6 Å². The number of hydrogen-bond donors (Lipinski definition) is 1. The maximum atomic E-state index is 6.14. The van der Waals surface area contributed by atoms with Crippen LogP contribution < -0.4 is 10.5 Å². The third kappa shape index (κ3) is 4.39. The lowest BCUT2D eigenvalue weighted by Crippen LogP contribution is -2.11. The lowest BCUT2D eigenvalue weighted by atomic mass is 9.98. The zero-order valence-corrected chi connectivity index (χ0v) is 11.5. The minimum absolute atomic E-state index is 0.152. The summed E-state index contributed by atoms with van der Waals surface area (Å²) >= 11 is 0. The van der Waals surface area contributed by atoms with Crippen LogP contribution in [0.1, 0.15) is 50.8 Å². The summed E-state index contributed by atoms with van der Waals surface area (Å²) in [7, 11) is 0. The molecule has 0 spiro atoms. The van der Waals surface area contributed by atoms with Crippen LogP contribution in [0.5, 0.6) is 5.75 Å². The average Bonchev–Trinajstić information content (AvgIpc) is 2.26. The molecule has 0 saturated carbocycles. The molecule has 1 aromatic carbocycles. The predicted octanol–water partition coefficient (Wildman–Crippen LogP) is 3.83. The fourth-order valence-electron chi connectivity index (χ4n) is 1.88. The molecule has 17 heavy (non-hydrogen) atoms. The van der Waals surface area contributed by atoms with Crippen LogP contribution in [0, 0.1) is 12.8 Å². The minimum atomic E-state index is 0.152. The summed E-state index contributed by atoms with van der Waals surface area (Å²) in [6.45, 7) is 9.33. The van der Waals surface area contributed by atoms with E-state index in [1.54, 1.807) is 0 Å². The van der Waals surface area contributed by atoms with Crippen molar-refractivity contribution < 1.29 is 4.74 Å². The number of nitrogens with two attached hydrogens (primary N) is 1. The molecule has 0 aliphatic carbocycles. The lowest BCUT2D eigenvalue weighted by Gasteiger charge is -2.16. The Kier molecular flexibility index (Phi) is 5.49. The van der Waals surface area contributed by atoms with Gasteiger partial charge >= 0.3 is 0 Å². The number of rotatable bonds is 6. The van der Waals surface area contributed by atoms with Crippen molar-refractivity contribution in [2.75, 3.05) is 6.61 Å². The number of aryl methyl sites for hydroxylation is 1. The second-order valence-corrected chi connectivity index (χ2v) is 5.12. The third-order valence-electron chi connectivity index (χ3n) is 2.82. The van der Waals surface area contributed by atoms with Crippen LogP contribution in [0.25, 0.3) is 0 Å². The maximum absolute atomic E-state index is 6.14. The Labute approximate surface area is 105 Å². The van der Waals surface area contributed by atoms with E-state index in [1.165, 1.54) is 11.1 Å². The average molecular weight is 235 g/mol. The Bertz CT molecular complexity index is 347. The maximum Gasteiger partial charge on any atom is 0.119 e. The summed E-state index contributed by atoms with van der Waals surface area (Å²) in [6.07, 6.45) is 2.15. The molecule has 0 fully saturated rings. The van der Waals surface area contributed by atoms with Gasteiger partial charge in [0.1, 0.15) is 5.75 Å². The second kappa shape index (κ2) is 6.65. The van der Waals surface area contributed by atoms with Crippen molar-refractivity contribution >= 4 is 0 Å². The largest absolute Gasteiger partial charge is 0.493 e. The Morgan fingerprint density at radius 2 is 2.00 bits per heavy atom. The number of benzene rings is 1. The van der Waals surface area contributed by atoms with Crippen LogP contribution in [-0.4, -0.2) is 6.61 Å². The molecule has 1 atom stereocenters. The zero-order valence-electron chi connectivity index (χ0n) is 11.5. The molecule has 2 nitrogen and oxygen atoms in total. The molecule has 2 N–H and O–H groups in total. The summed E-state index contributed by atoms with van der Waals surface area (Å²) < 4.78 is 5.70. The molecular formula is C15H25NO. The van der Waals surface area contributed by atoms with Crippen molar-refractivity contribution in [3.8, 4) is 5.75 Å². The van der Waals surface area contributed by atoms with Gasteiger partial charge in [-0.15, -0.1) is 0 Å². The van der Waals surface area contributed by atoms with E-state index in [9.17, 15) is 0 Å². The monoisotopic (exact) mass is 235 g/mol. The summed E-state index contributed by atoms with van der Waals surface area (Å²) in [6, 6.07) is 6.37. The van der Waals surface area contributed by atoms with Gasteiger partial charge in [0.05, 0.1) is 6.61 Å². The SMILES string of the molecule is CCCC(N)c1ccc(OCC(C)C)cc1C. The van der Waals surface area contributed by atoms with E-state index in [2.05, 4.69) is 39.8 Å². The Balaban J connectivity index is 2.72. The summed E-state index contributed by atoms with van der Waals surface area (Å²) in [5.41, 5.74) is 8.61. The van der Waals surface area contributed by atoms with Crippen molar-refractivity contribution in [1.82, 2.24) is 0 Å². The van der Waals surface area contributed by atoms with Crippen LogP contribution >= 0.6 is 0 Å². The molecule has 0 aliphatic rings. The van der Waals surface area contributed by atoms with Crippen LogP contribution in [0.15, 0.2) is 18.2 Å². The van der Waals surface area contributed by atoms with Gasteiger partial charge in [0.15, 0.2) is 0 Å². The van der Waals surface area contributed by atoms with E-state index in [4.69, 9.17) is 10.5 Å². The van der Waals surface area contributed by atoms with Crippen LogP contribution in [-0.2, 0) is 0 Å². The molecule has 0 amide bonds. The summed E-state index contributed by atoms with van der Waals surface area (Å²) in [5, 5.41) is 0. The molecule has 0 heterocycles. The van der Waals surface area contributed by atoms with Gasteiger partial charge in [0.25, 0.3) is 0 Å². The number of hydrogen-bond acceptors (Lipinski definition) is 2. The fourth-order valence-corrected chi connectivity index (χ4v) is 1.88. The van der Waals surface area contributed by atoms with Crippen molar-refractivity contribution in [3.05, 3.63) is 29.3 Å². The van der Waals surface area contributed by atoms with Crippen LogP contribution in [0.2, 0.25) is 0 Å². The third-order valence-corrected chi connectivity index (χ3v) is 2.82. The van der Waals surface area contributed by atoms with E-state index < -0.39 is 0 Å². The molecule has 2 heteroatoms. The van der Waals surface area contributed by atoms with Crippen LogP contribution in [0.3, 0.4) is 0 Å². The van der Waals surface area contributed by atoms with Crippen LogP contribution in [0.4, 0.5) is 0 Å². The number of ether oxygens (including phenoxy) is 1. The standard InChI is InChI=1S/C15H25NO/c1-5-6-15(16)14-8-7-13(9-12(14)4)17-10-11(2)3/h7-9,11,15H,5-6,10,16H2,1-4H3. The van der Waals surface area contributed by atoms with E-state index >= 15 is 0 Å². The van der Waals surface area contributed by atoms with Gasteiger partial charge in [-0.2, -0.15) is 0 Å². The molecule has 0 saturated heterocycles. The quantitative estimate of drug-likeness (QED) is 0.813. The van der Waals surface area contributed by atoms with E-state index in [0.717, 1.165) is 25.2 Å². The Morgan fingerprint density at radius 1 is 1.29 bits per heavy atom. The first-order valence-corrected chi connectivity index (χ1v) is 6.53. The second-order valence-electron chi connectivity index (χ2n) is 5.12. The first-order chi connectivity index (χ1) is 8.04. The summed E-state index contributed by atoms with van der Waals surface area (Å²) in [5.74, 6) is 1.50. The van der Waals surface area contributed by atoms with Gasteiger partial charge in [0.2, 0.25) is 0 Å². The molecule has 96 valence electrons. The van der Waals surface area contributed by atoms with Gasteiger partial charge < -0.3 is 10.5 Å². The van der Waals surface area contributed by atoms with Crippen molar-refractivity contribution in [3.63, 3.8) is 0 Å². The molecule has 0 aromatic heterocycles.